The third kappa shape index (κ3) is 2.91. The number of nitrogens with zero attached hydrogens (tertiary/aromatic N) is 2. The maximum absolute atomic E-state index is 12.5. The van der Waals surface area contributed by atoms with E-state index in [0.717, 1.165) is 28.4 Å². The lowest BCUT2D eigenvalue weighted by atomic mass is 10.1. The van der Waals surface area contributed by atoms with Gasteiger partial charge in [-0.25, -0.2) is 0 Å². The van der Waals surface area contributed by atoms with Crippen LogP contribution >= 0.6 is 15.9 Å². The van der Waals surface area contributed by atoms with Crippen molar-refractivity contribution in [2.24, 2.45) is 0 Å². The zero-order valence-corrected chi connectivity index (χ0v) is 11.9. The topological polar surface area (TPSA) is 44.1 Å². The van der Waals surface area contributed by atoms with Gasteiger partial charge in [-0.1, -0.05) is 15.9 Å². The Morgan fingerprint density at radius 1 is 1.56 bits per heavy atom. The summed E-state index contributed by atoms with van der Waals surface area (Å²) in [5, 5.41) is 8.67. The molecular formula is C14H15BrN2O. The first-order chi connectivity index (χ1) is 8.63. The van der Waals surface area contributed by atoms with Crippen LogP contribution in [0.25, 0.3) is 0 Å². The van der Waals surface area contributed by atoms with Gasteiger partial charge in [0.15, 0.2) is 0 Å². The maximum Gasteiger partial charge on any atom is 0.254 e. The quantitative estimate of drug-likeness (QED) is 0.857. The van der Waals surface area contributed by atoms with Crippen molar-refractivity contribution in [3.8, 4) is 6.07 Å². The second-order valence-electron chi connectivity index (χ2n) is 4.60. The number of aryl methyl sites for hydroxylation is 1. The van der Waals surface area contributed by atoms with Crippen LogP contribution < -0.4 is 0 Å². The number of benzene rings is 1. The first-order valence-corrected chi connectivity index (χ1v) is 6.87. The van der Waals surface area contributed by atoms with Crippen molar-refractivity contribution in [3.63, 3.8) is 0 Å². The highest BCUT2D eigenvalue weighted by molar-refractivity contribution is 9.10. The van der Waals surface area contributed by atoms with Crippen LogP contribution in [0.2, 0.25) is 0 Å². The highest BCUT2D eigenvalue weighted by Crippen LogP contribution is 2.29. The van der Waals surface area contributed by atoms with E-state index in [1.54, 1.807) is 0 Å². The van der Waals surface area contributed by atoms with E-state index in [9.17, 15) is 4.79 Å². The van der Waals surface area contributed by atoms with Crippen LogP contribution in [0.1, 0.15) is 35.2 Å². The Bertz CT molecular complexity index is 503. The van der Waals surface area contributed by atoms with Gasteiger partial charge in [0, 0.05) is 22.6 Å². The van der Waals surface area contributed by atoms with Crippen molar-refractivity contribution in [2.45, 2.75) is 32.2 Å². The van der Waals surface area contributed by atoms with Crippen LogP contribution in [0.5, 0.6) is 0 Å². The number of rotatable bonds is 4. The molecule has 0 aliphatic heterocycles. The smallest absolute Gasteiger partial charge is 0.254 e. The van der Waals surface area contributed by atoms with Gasteiger partial charge in [-0.05, 0) is 43.5 Å². The lowest BCUT2D eigenvalue weighted by Gasteiger charge is -2.22. The summed E-state index contributed by atoms with van der Waals surface area (Å²) in [6, 6.07) is 8.13. The van der Waals surface area contributed by atoms with E-state index in [-0.39, 0.29) is 5.91 Å². The Kier molecular flexibility index (Phi) is 4.03. The molecule has 0 heterocycles. The highest BCUT2D eigenvalue weighted by atomic mass is 79.9. The van der Waals surface area contributed by atoms with Crippen molar-refractivity contribution in [1.29, 1.82) is 5.26 Å². The molecule has 1 fully saturated rings. The van der Waals surface area contributed by atoms with Gasteiger partial charge in [-0.15, -0.1) is 0 Å². The Labute approximate surface area is 116 Å². The standard InChI is InChI=1S/C14H15BrN2O/c1-10-9-11(15)3-6-13(10)14(18)17(8-2-7-16)12-4-5-12/h3,6,9,12H,2,4-5,8H2,1H3. The maximum atomic E-state index is 12.5. The molecule has 0 unspecified atom stereocenters. The van der Waals surface area contributed by atoms with E-state index in [1.807, 2.05) is 30.0 Å². The highest BCUT2D eigenvalue weighted by Gasteiger charge is 2.33. The predicted molar refractivity (Wildman–Crippen MR) is 73.2 cm³/mol. The Morgan fingerprint density at radius 3 is 2.83 bits per heavy atom. The van der Waals surface area contributed by atoms with Gasteiger partial charge in [0.05, 0.1) is 12.5 Å². The molecule has 1 saturated carbocycles. The SMILES string of the molecule is Cc1cc(Br)ccc1C(=O)N(CCC#N)C1CC1. The predicted octanol–water partition coefficient (Wildman–Crippen LogP) is 3.28. The zero-order valence-electron chi connectivity index (χ0n) is 10.3. The largest absolute Gasteiger partial charge is 0.335 e. The van der Waals surface area contributed by atoms with Crippen LogP contribution in [0.15, 0.2) is 22.7 Å². The van der Waals surface area contributed by atoms with E-state index in [1.165, 1.54) is 0 Å². The lowest BCUT2D eigenvalue weighted by Crippen LogP contribution is -2.34. The fourth-order valence-corrected chi connectivity index (χ4v) is 2.50. The first kappa shape index (κ1) is 13.1. The second kappa shape index (κ2) is 5.53. The van der Waals surface area contributed by atoms with E-state index in [4.69, 9.17) is 5.26 Å². The number of hydrogen-bond donors (Lipinski definition) is 0. The van der Waals surface area contributed by atoms with Crippen molar-refractivity contribution >= 4 is 21.8 Å². The minimum absolute atomic E-state index is 0.0535. The van der Waals surface area contributed by atoms with E-state index in [2.05, 4.69) is 22.0 Å². The van der Waals surface area contributed by atoms with Crippen LogP contribution in [-0.4, -0.2) is 23.4 Å². The molecule has 4 heteroatoms. The Morgan fingerprint density at radius 2 is 2.28 bits per heavy atom. The van der Waals surface area contributed by atoms with Crippen LogP contribution in [0.4, 0.5) is 0 Å². The molecule has 0 aromatic heterocycles. The van der Waals surface area contributed by atoms with E-state index < -0.39 is 0 Å². The fraction of sp³-hybridized carbons (Fsp3) is 0.429. The second-order valence-corrected chi connectivity index (χ2v) is 5.51. The van der Waals surface area contributed by atoms with Crippen LogP contribution in [0, 0.1) is 18.3 Å². The summed E-state index contributed by atoms with van der Waals surface area (Å²) in [6.45, 7) is 2.48. The molecule has 1 amide bonds. The first-order valence-electron chi connectivity index (χ1n) is 6.07. The summed E-state index contributed by atoms with van der Waals surface area (Å²) in [5.74, 6) is 0.0535. The molecule has 1 aromatic rings. The van der Waals surface area contributed by atoms with Crippen molar-refractivity contribution in [2.75, 3.05) is 6.54 Å². The molecule has 2 rings (SSSR count). The molecule has 0 atom stereocenters. The monoisotopic (exact) mass is 306 g/mol. The molecule has 18 heavy (non-hydrogen) atoms. The third-order valence-electron chi connectivity index (χ3n) is 3.13. The van der Waals surface area contributed by atoms with Gasteiger partial charge < -0.3 is 4.90 Å². The Balaban J connectivity index is 2.19. The van der Waals surface area contributed by atoms with Crippen molar-refractivity contribution in [1.82, 2.24) is 4.90 Å². The Hall–Kier alpha value is -1.34. The summed E-state index contributed by atoms with van der Waals surface area (Å²) in [5.41, 5.74) is 1.71. The van der Waals surface area contributed by atoms with Gasteiger partial charge in [-0.3, -0.25) is 4.79 Å². The average molecular weight is 307 g/mol. The minimum Gasteiger partial charge on any atom is -0.335 e. The molecule has 0 radical (unpaired) electrons. The number of carbonyl (C=O) groups excluding carboxylic acids is 1. The summed E-state index contributed by atoms with van der Waals surface area (Å²) < 4.78 is 0.978. The number of nitriles is 1. The summed E-state index contributed by atoms with van der Waals surface area (Å²) in [4.78, 5) is 14.3. The van der Waals surface area contributed by atoms with Crippen molar-refractivity contribution < 1.29 is 4.79 Å². The molecule has 1 aliphatic rings. The number of hydrogen-bond acceptors (Lipinski definition) is 2. The number of amides is 1. The van der Waals surface area contributed by atoms with Crippen LogP contribution in [-0.2, 0) is 0 Å². The number of halogens is 1. The third-order valence-corrected chi connectivity index (χ3v) is 3.63. The molecular weight excluding hydrogens is 292 g/mol. The molecule has 0 bridgehead atoms. The summed E-state index contributed by atoms with van der Waals surface area (Å²) in [6.07, 6.45) is 2.53. The minimum atomic E-state index is 0.0535. The van der Waals surface area contributed by atoms with E-state index >= 15 is 0 Å². The number of carbonyl (C=O) groups is 1. The summed E-state index contributed by atoms with van der Waals surface area (Å²) in [7, 11) is 0. The van der Waals surface area contributed by atoms with Gasteiger partial charge >= 0.3 is 0 Å². The van der Waals surface area contributed by atoms with Gasteiger partial charge in [0.25, 0.3) is 5.91 Å². The lowest BCUT2D eigenvalue weighted by molar-refractivity contribution is 0.0746. The zero-order chi connectivity index (χ0) is 13.1. The van der Waals surface area contributed by atoms with Crippen molar-refractivity contribution in [3.05, 3.63) is 33.8 Å². The molecule has 1 aliphatic carbocycles. The van der Waals surface area contributed by atoms with Gasteiger partial charge in [0.2, 0.25) is 0 Å². The molecule has 0 saturated heterocycles. The fourth-order valence-electron chi connectivity index (χ4n) is 2.03. The molecule has 0 spiro atoms. The molecule has 94 valence electrons. The van der Waals surface area contributed by atoms with E-state index in [0.29, 0.717) is 19.0 Å². The molecule has 0 N–H and O–H groups in total. The molecule has 1 aromatic carbocycles. The summed E-state index contributed by atoms with van der Waals surface area (Å²) >= 11 is 3.40. The van der Waals surface area contributed by atoms with Gasteiger partial charge in [0.1, 0.15) is 0 Å². The van der Waals surface area contributed by atoms with Crippen LogP contribution in [0.3, 0.4) is 0 Å². The normalized spacial score (nSPS) is 14.1. The molecule has 3 nitrogen and oxygen atoms in total. The average Bonchev–Trinajstić information content (AvgIpc) is 3.13. The van der Waals surface area contributed by atoms with Gasteiger partial charge in [-0.2, -0.15) is 5.26 Å².